The molecule has 2 rings (SSSR count). The molecule has 0 aliphatic rings. The molecule has 0 radical (unpaired) electrons. The molecule has 0 spiro atoms. The number of anilines is 2. The first-order valence-electron chi connectivity index (χ1n) is 6.56. The van der Waals surface area contributed by atoms with Gasteiger partial charge in [-0.3, -0.25) is 4.79 Å². The number of nitrogens with one attached hydrogen (secondary N) is 2. The number of rotatable bonds is 5. The van der Waals surface area contributed by atoms with E-state index in [2.05, 4.69) is 10.3 Å². The molecule has 0 atom stereocenters. The molecule has 0 bridgehead atoms. The predicted molar refractivity (Wildman–Crippen MR) is 89.6 cm³/mol. The fourth-order valence-corrected chi connectivity index (χ4v) is 3.04. The van der Waals surface area contributed by atoms with Gasteiger partial charge < -0.3 is 5.32 Å². The van der Waals surface area contributed by atoms with E-state index in [1.807, 2.05) is 4.72 Å². The highest BCUT2D eigenvalue weighted by atomic mass is 35.5. The lowest BCUT2D eigenvalue weighted by Gasteiger charge is -2.11. The molecule has 23 heavy (non-hydrogen) atoms. The Morgan fingerprint density at radius 3 is 2.70 bits per heavy atom. The van der Waals surface area contributed by atoms with E-state index in [4.69, 9.17) is 23.2 Å². The number of halogens is 2. The second-order valence-electron chi connectivity index (χ2n) is 4.49. The third-order valence-corrected chi connectivity index (χ3v) is 4.90. The maximum absolute atomic E-state index is 12.1. The van der Waals surface area contributed by atoms with Crippen LogP contribution in [-0.2, 0) is 14.8 Å². The lowest BCUT2D eigenvalue weighted by Crippen LogP contribution is -2.30. The van der Waals surface area contributed by atoms with Crippen LogP contribution in [0.3, 0.4) is 0 Å². The summed E-state index contributed by atoms with van der Waals surface area (Å²) in [6.07, 6.45) is 1.36. The molecule has 1 heterocycles. The molecule has 0 unspecified atom stereocenters. The highest BCUT2D eigenvalue weighted by molar-refractivity contribution is 7.90. The van der Waals surface area contributed by atoms with Gasteiger partial charge in [0, 0.05) is 24.4 Å². The first kappa shape index (κ1) is 17.5. The highest BCUT2D eigenvalue weighted by Gasteiger charge is 2.18. The summed E-state index contributed by atoms with van der Waals surface area (Å²) in [6.45, 7) is 1.55. The molecule has 0 fully saturated rings. The number of sulfonamides is 1. The van der Waals surface area contributed by atoms with Crippen molar-refractivity contribution in [3.05, 3.63) is 46.6 Å². The molecule has 0 aliphatic heterocycles. The summed E-state index contributed by atoms with van der Waals surface area (Å²) in [5.74, 6) is -0.608. The van der Waals surface area contributed by atoms with Crippen molar-refractivity contribution in [2.75, 3.05) is 5.32 Å². The first-order valence-corrected chi connectivity index (χ1v) is 8.80. The van der Waals surface area contributed by atoms with Gasteiger partial charge >= 0.3 is 0 Å². The van der Waals surface area contributed by atoms with Crippen LogP contribution in [0.25, 0.3) is 0 Å². The van der Waals surface area contributed by atoms with Gasteiger partial charge in [0.2, 0.25) is 5.91 Å². The molecule has 6 nitrogen and oxygen atoms in total. The van der Waals surface area contributed by atoms with Gasteiger partial charge in [0.25, 0.3) is 10.0 Å². The van der Waals surface area contributed by atoms with Gasteiger partial charge in [-0.2, -0.15) is 8.42 Å². The van der Waals surface area contributed by atoms with Crippen LogP contribution in [0, 0.1) is 0 Å². The van der Waals surface area contributed by atoms with Crippen LogP contribution in [0.4, 0.5) is 11.4 Å². The van der Waals surface area contributed by atoms with E-state index in [1.54, 1.807) is 31.2 Å². The largest absolute Gasteiger partial charge is 0.354 e. The van der Waals surface area contributed by atoms with Gasteiger partial charge in [-0.25, -0.2) is 9.71 Å². The van der Waals surface area contributed by atoms with Crippen LogP contribution in [0.5, 0.6) is 0 Å². The lowest BCUT2D eigenvalue weighted by molar-refractivity contribution is -0.119. The SMILES string of the molecule is CCC(=O)NS(=O)(=O)c1cc(Nc2cccc(Cl)c2Cl)ccn1. The van der Waals surface area contributed by atoms with Crippen molar-refractivity contribution < 1.29 is 13.2 Å². The van der Waals surface area contributed by atoms with E-state index in [0.717, 1.165) is 0 Å². The average molecular weight is 374 g/mol. The Hall–Kier alpha value is -1.83. The maximum atomic E-state index is 12.1. The third kappa shape index (κ3) is 4.34. The number of carbonyl (C=O) groups excluding carboxylic acids is 1. The number of carbonyl (C=O) groups is 1. The van der Waals surface area contributed by atoms with Crippen molar-refractivity contribution >= 4 is 50.5 Å². The van der Waals surface area contributed by atoms with E-state index < -0.39 is 15.9 Å². The van der Waals surface area contributed by atoms with Crippen LogP contribution in [0.1, 0.15) is 13.3 Å². The minimum atomic E-state index is -4.01. The first-order chi connectivity index (χ1) is 10.8. The Balaban J connectivity index is 2.30. The summed E-state index contributed by atoms with van der Waals surface area (Å²) >= 11 is 12.0. The van der Waals surface area contributed by atoms with Crippen LogP contribution < -0.4 is 10.0 Å². The summed E-state index contributed by atoms with van der Waals surface area (Å²) in [6, 6.07) is 7.90. The smallest absolute Gasteiger partial charge is 0.281 e. The van der Waals surface area contributed by atoms with Gasteiger partial charge in [0.15, 0.2) is 5.03 Å². The van der Waals surface area contributed by atoms with Gasteiger partial charge in [-0.1, -0.05) is 36.2 Å². The number of amides is 1. The van der Waals surface area contributed by atoms with Crippen LogP contribution >= 0.6 is 23.2 Å². The molecular formula is C14H13Cl2N3O3S. The summed E-state index contributed by atoms with van der Waals surface area (Å²) < 4.78 is 26.0. The molecule has 122 valence electrons. The third-order valence-electron chi connectivity index (χ3n) is 2.81. The standard InChI is InChI=1S/C14H13Cl2N3O3S/c1-2-12(20)19-23(21,22)13-8-9(6-7-17-13)18-11-5-3-4-10(15)14(11)16/h3-8H,2H2,1H3,(H,17,18)(H,19,20). The van der Waals surface area contributed by atoms with Gasteiger partial charge in [-0.15, -0.1) is 0 Å². The zero-order valence-corrected chi connectivity index (χ0v) is 14.3. The molecule has 2 N–H and O–H groups in total. The van der Waals surface area contributed by atoms with Gasteiger partial charge in [0.1, 0.15) is 0 Å². The number of pyridine rings is 1. The lowest BCUT2D eigenvalue weighted by atomic mass is 10.3. The highest BCUT2D eigenvalue weighted by Crippen LogP contribution is 2.31. The topological polar surface area (TPSA) is 88.2 Å². The molecule has 0 saturated carbocycles. The Bertz CT molecular complexity index is 841. The zero-order chi connectivity index (χ0) is 17.0. The fourth-order valence-electron chi connectivity index (χ4n) is 1.66. The van der Waals surface area contributed by atoms with Crippen LogP contribution in [-0.4, -0.2) is 19.3 Å². The predicted octanol–water partition coefficient (Wildman–Crippen LogP) is 3.35. The number of benzene rings is 1. The van der Waals surface area contributed by atoms with Crippen molar-refractivity contribution in [1.82, 2.24) is 9.71 Å². The summed E-state index contributed by atoms with van der Waals surface area (Å²) in [5.41, 5.74) is 0.958. The van der Waals surface area contributed by atoms with E-state index in [9.17, 15) is 13.2 Å². The minimum absolute atomic E-state index is 0.0509. The molecular weight excluding hydrogens is 361 g/mol. The van der Waals surface area contributed by atoms with Crippen molar-refractivity contribution in [3.63, 3.8) is 0 Å². The Morgan fingerprint density at radius 1 is 1.26 bits per heavy atom. The van der Waals surface area contributed by atoms with Gasteiger partial charge in [-0.05, 0) is 18.2 Å². The molecule has 1 aromatic carbocycles. The Morgan fingerprint density at radius 2 is 2.00 bits per heavy atom. The van der Waals surface area contributed by atoms with Crippen LogP contribution in [0.2, 0.25) is 10.0 Å². The van der Waals surface area contributed by atoms with E-state index >= 15 is 0 Å². The zero-order valence-electron chi connectivity index (χ0n) is 12.0. The van der Waals surface area contributed by atoms with Crippen molar-refractivity contribution in [2.45, 2.75) is 18.4 Å². The number of nitrogens with zero attached hydrogens (tertiary/aromatic N) is 1. The maximum Gasteiger partial charge on any atom is 0.281 e. The molecule has 2 aromatic rings. The van der Waals surface area contributed by atoms with Crippen molar-refractivity contribution in [2.24, 2.45) is 0 Å². The molecule has 9 heteroatoms. The van der Waals surface area contributed by atoms with Crippen molar-refractivity contribution in [1.29, 1.82) is 0 Å². The number of aromatic nitrogens is 1. The Kier molecular flexibility index (Phi) is 5.46. The number of hydrogen-bond acceptors (Lipinski definition) is 5. The van der Waals surface area contributed by atoms with Crippen LogP contribution in [0.15, 0.2) is 41.6 Å². The second kappa shape index (κ2) is 7.16. The summed E-state index contributed by atoms with van der Waals surface area (Å²) in [5, 5.41) is 3.37. The molecule has 0 aliphatic carbocycles. The van der Waals surface area contributed by atoms with E-state index in [0.29, 0.717) is 21.4 Å². The second-order valence-corrected chi connectivity index (χ2v) is 6.91. The quantitative estimate of drug-likeness (QED) is 0.838. The number of hydrogen-bond donors (Lipinski definition) is 2. The molecule has 1 aromatic heterocycles. The average Bonchev–Trinajstić information content (AvgIpc) is 2.51. The van der Waals surface area contributed by atoms with E-state index in [1.165, 1.54) is 12.3 Å². The Labute approximate surface area is 143 Å². The fraction of sp³-hybridized carbons (Fsp3) is 0.143. The minimum Gasteiger partial charge on any atom is -0.354 e. The van der Waals surface area contributed by atoms with Gasteiger partial charge in [0.05, 0.1) is 15.7 Å². The molecule has 1 amide bonds. The normalized spacial score (nSPS) is 11.1. The van der Waals surface area contributed by atoms with E-state index in [-0.39, 0.29) is 11.4 Å². The summed E-state index contributed by atoms with van der Waals surface area (Å²) in [4.78, 5) is 15.1. The molecule has 0 saturated heterocycles. The van der Waals surface area contributed by atoms with Crippen molar-refractivity contribution in [3.8, 4) is 0 Å². The summed E-state index contributed by atoms with van der Waals surface area (Å²) in [7, 11) is -4.01. The monoisotopic (exact) mass is 373 g/mol.